The maximum absolute atomic E-state index is 4.28. The molecule has 1 aromatic rings. The second-order valence-electron chi connectivity index (χ2n) is 2.75. The first-order valence-electron chi connectivity index (χ1n) is 3.66. The average Bonchev–Trinajstić information content (AvgIpc) is 2.83. The summed E-state index contributed by atoms with van der Waals surface area (Å²) >= 11 is 0. The Labute approximate surface area is 64.3 Å². The van der Waals surface area contributed by atoms with Gasteiger partial charge >= 0.3 is 0 Å². The highest BCUT2D eigenvalue weighted by molar-refractivity contribution is 6.26. The van der Waals surface area contributed by atoms with Crippen LogP contribution in [-0.4, -0.2) is 18.0 Å². The fraction of sp³-hybridized carbons (Fsp3) is 0.111. The quantitative estimate of drug-likeness (QED) is 0.525. The summed E-state index contributed by atoms with van der Waals surface area (Å²) in [5.74, 6) is 0. The number of para-hydroxylation sites is 1. The molecule has 0 fully saturated rings. The van der Waals surface area contributed by atoms with Crippen LogP contribution in [-0.2, 0) is 0 Å². The first-order chi connectivity index (χ1) is 5.45. The lowest BCUT2D eigenvalue weighted by atomic mass is 10.1. The van der Waals surface area contributed by atoms with Crippen molar-refractivity contribution in [2.24, 2.45) is 9.98 Å². The van der Waals surface area contributed by atoms with E-state index in [1.807, 2.05) is 24.4 Å². The van der Waals surface area contributed by atoms with Crippen molar-refractivity contribution in [2.75, 3.05) is 0 Å². The normalized spacial score (nSPS) is 23.6. The molecule has 0 amide bonds. The molecule has 1 atom stereocenters. The zero-order valence-corrected chi connectivity index (χ0v) is 5.86. The van der Waals surface area contributed by atoms with Crippen molar-refractivity contribution >= 4 is 17.6 Å². The summed E-state index contributed by atoms with van der Waals surface area (Å²) < 4.78 is 0. The van der Waals surface area contributed by atoms with Crippen molar-refractivity contribution in [3.8, 4) is 0 Å². The van der Waals surface area contributed by atoms with Crippen molar-refractivity contribution in [2.45, 2.75) is 6.04 Å². The predicted octanol–water partition coefficient (Wildman–Crippen LogP) is 1.57. The smallest absolute Gasteiger partial charge is 0.128 e. The molecule has 0 radical (unpaired) electrons. The highest BCUT2D eigenvalue weighted by atomic mass is 15.0. The molecule has 0 aliphatic carbocycles. The second-order valence-corrected chi connectivity index (χ2v) is 2.75. The van der Waals surface area contributed by atoms with Crippen LogP contribution in [0.25, 0.3) is 0 Å². The van der Waals surface area contributed by atoms with E-state index in [0.717, 1.165) is 5.69 Å². The summed E-state index contributed by atoms with van der Waals surface area (Å²) in [5.41, 5.74) is 3.47. The standard InChI is InChI=1S/C9H6N2/c1-2-4-7-6(3-1)9-8(11-9)5-10-7/h1-5,8H. The molecule has 0 saturated heterocycles. The van der Waals surface area contributed by atoms with Crippen molar-refractivity contribution in [3.63, 3.8) is 0 Å². The van der Waals surface area contributed by atoms with Crippen LogP contribution in [0.1, 0.15) is 5.56 Å². The Bertz CT molecular complexity index is 377. The lowest BCUT2D eigenvalue weighted by Gasteiger charge is -2.03. The first-order valence-corrected chi connectivity index (χ1v) is 3.66. The van der Waals surface area contributed by atoms with E-state index < -0.39 is 0 Å². The molecule has 52 valence electrons. The van der Waals surface area contributed by atoms with E-state index in [1.165, 1.54) is 11.3 Å². The van der Waals surface area contributed by atoms with Crippen LogP contribution in [0, 0.1) is 0 Å². The molecule has 1 unspecified atom stereocenters. The van der Waals surface area contributed by atoms with Crippen LogP contribution in [0.4, 0.5) is 5.69 Å². The summed E-state index contributed by atoms with van der Waals surface area (Å²) in [4.78, 5) is 8.54. The maximum atomic E-state index is 4.28. The first kappa shape index (κ1) is 5.24. The van der Waals surface area contributed by atoms with Crippen LogP contribution in [0.15, 0.2) is 34.3 Å². The third kappa shape index (κ3) is 0.611. The molecule has 0 aromatic heterocycles. The number of fused-ring (bicyclic) bond motifs is 3. The predicted molar refractivity (Wildman–Crippen MR) is 44.9 cm³/mol. The van der Waals surface area contributed by atoms with Crippen LogP contribution < -0.4 is 0 Å². The number of rotatable bonds is 0. The van der Waals surface area contributed by atoms with Gasteiger partial charge in [-0.25, -0.2) is 0 Å². The van der Waals surface area contributed by atoms with Gasteiger partial charge in [-0.1, -0.05) is 18.2 Å². The fourth-order valence-electron chi connectivity index (χ4n) is 1.40. The fourth-order valence-corrected chi connectivity index (χ4v) is 1.40. The van der Waals surface area contributed by atoms with Crippen molar-refractivity contribution in [1.82, 2.24) is 0 Å². The van der Waals surface area contributed by atoms with Gasteiger partial charge in [0.25, 0.3) is 0 Å². The summed E-state index contributed by atoms with van der Waals surface area (Å²) in [7, 11) is 0. The zero-order chi connectivity index (χ0) is 7.26. The van der Waals surface area contributed by atoms with Gasteiger partial charge in [0.1, 0.15) is 6.04 Å². The topological polar surface area (TPSA) is 24.7 Å². The van der Waals surface area contributed by atoms with E-state index in [-0.39, 0.29) is 0 Å². The Morgan fingerprint density at radius 2 is 2.09 bits per heavy atom. The van der Waals surface area contributed by atoms with Gasteiger partial charge in [-0.2, -0.15) is 0 Å². The van der Waals surface area contributed by atoms with Gasteiger partial charge in [-0.15, -0.1) is 0 Å². The summed E-state index contributed by atoms with van der Waals surface area (Å²) in [6, 6.07) is 8.43. The lowest BCUT2D eigenvalue weighted by molar-refractivity contribution is 1.35. The number of hydrogen-bond acceptors (Lipinski definition) is 2. The minimum atomic E-state index is 0.310. The largest absolute Gasteiger partial charge is 0.271 e. The minimum Gasteiger partial charge on any atom is -0.271 e. The van der Waals surface area contributed by atoms with Crippen LogP contribution in [0.3, 0.4) is 0 Å². The van der Waals surface area contributed by atoms with Gasteiger partial charge in [-0.05, 0) is 6.07 Å². The van der Waals surface area contributed by atoms with Gasteiger partial charge in [0, 0.05) is 11.8 Å². The Kier molecular flexibility index (Phi) is 0.756. The summed E-state index contributed by atoms with van der Waals surface area (Å²) in [6.45, 7) is 0. The molecule has 1 aromatic carbocycles. The highest BCUT2D eigenvalue weighted by Crippen LogP contribution is 2.30. The molecular formula is C9H6N2. The molecule has 0 N–H and O–H groups in total. The van der Waals surface area contributed by atoms with Crippen LogP contribution >= 0.6 is 0 Å². The van der Waals surface area contributed by atoms with E-state index >= 15 is 0 Å². The molecule has 0 bridgehead atoms. The molecule has 3 rings (SSSR count). The highest BCUT2D eigenvalue weighted by Gasteiger charge is 2.31. The van der Waals surface area contributed by atoms with Crippen molar-refractivity contribution < 1.29 is 0 Å². The van der Waals surface area contributed by atoms with Crippen LogP contribution in [0.5, 0.6) is 0 Å². The summed E-state index contributed by atoms with van der Waals surface area (Å²) in [6.07, 6.45) is 1.90. The SMILES string of the molecule is C1=Nc2ccccc2C2=NC12. The molecule has 2 aliphatic rings. The maximum Gasteiger partial charge on any atom is 0.128 e. The Hall–Kier alpha value is -1.44. The second kappa shape index (κ2) is 1.59. The van der Waals surface area contributed by atoms with Gasteiger partial charge < -0.3 is 0 Å². The van der Waals surface area contributed by atoms with E-state index in [1.54, 1.807) is 0 Å². The van der Waals surface area contributed by atoms with Crippen molar-refractivity contribution in [3.05, 3.63) is 29.8 Å². The molecule has 0 saturated carbocycles. The van der Waals surface area contributed by atoms with Gasteiger partial charge in [0.15, 0.2) is 0 Å². The van der Waals surface area contributed by atoms with E-state index in [4.69, 9.17) is 0 Å². The third-order valence-corrected chi connectivity index (χ3v) is 2.03. The zero-order valence-electron chi connectivity index (χ0n) is 5.86. The third-order valence-electron chi connectivity index (χ3n) is 2.03. The molecule has 0 spiro atoms. The molecule has 2 nitrogen and oxygen atoms in total. The Balaban J connectivity index is 2.31. The molecular weight excluding hydrogens is 136 g/mol. The number of nitrogens with zero attached hydrogens (tertiary/aromatic N) is 2. The molecule has 11 heavy (non-hydrogen) atoms. The van der Waals surface area contributed by atoms with Crippen LogP contribution in [0.2, 0.25) is 0 Å². The lowest BCUT2D eigenvalue weighted by Crippen LogP contribution is -2.04. The Morgan fingerprint density at radius 3 is 3.09 bits per heavy atom. The Morgan fingerprint density at radius 1 is 1.18 bits per heavy atom. The van der Waals surface area contributed by atoms with Gasteiger partial charge in [0.05, 0.1) is 11.4 Å². The van der Waals surface area contributed by atoms with Gasteiger partial charge in [0.2, 0.25) is 0 Å². The monoisotopic (exact) mass is 142 g/mol. The van der Waals surface area contributed by atoms with Gasteiger partial charge in [-0.3, -0.25) is 9.98 Å². The van der Waals surface area contributed by atoms with E-state index in [2.05, 4.69) is 16.1 Å². The van der Waals surface area contributed by atoms with E-state index in [9.17, 15) is 0 Å². The molecule has 2 aliphatic heterocycles. The number of hydrogen-bond donors (Lipinski definition) is 0. The molecule has 2 heteroatoms. The summed E-state index contributed by atoms with van der Waals surface area (Å²) in [5, 5.41) is 0. The van der Waals surface area contributed by atoms with E-state index in [0.29, 0.717) is 6.04 Å². The minimum absolute atomic E-state index is 0.310. The average molecular weight is 142 g/mol. The number of aliphatic imine (C=N–C) groups is 2. The number of benzene rings is 1. The molecule has 2 heterocycles. The van der Waals surface area contributed by atoms with Crippen molar-refractivity contribution in [1.29, 1.82) is 0 Å².